The summed E-state index contributed by atoms with van der Waals surface area (Å²) >= 11 is 0. The zero-order chi connectivity index (χ0) is 14.3. The van der Waals surface area contributed by atoms with Crippen LogP contribution in [0.3, 0.4) is 0 Å². The predicted molar refractivity (Wildman–Crippen MR) is 78.1 cm³/mol. The Morgan fingerprint density at radius 2 is 2.11 bits per heavy atom. The summed E-state index contributed by atoms with van der Waals surface area (Å²) in [6.45, 7) is 1.47. The molecule has 0 saturated heterocycles. The molecule has 0 atom stereocenters. The second-order valence-corrected chi connectivity index (χ2v) is 4.60. The van der Waals surface area contributed by atoms with Crippen LogP contribution in [0.5, 0.6) is 0 Å². The molecule has 104 valence electrons. The number of carbonyl (C=O) groups excluding carboxylic acids is 1. The molecule has 0 aliphatic heterocycles. The number of hydrogen-bond acceptors (Lipinski definition) is 4. The van der Waals surface area contributed by atoms with Gasteiger partial charge in [-0.3, -0.25) is 9.78 Å². The third-order valence-corrected chi connectivity index (χ3v) is 2.62. The van der Waals surface area contributed by atoms with E-state index in [1.54, 1.807) is 24.2 Å². The van der Waals surface area contributed by atoms with Crippen LogP contribution in [0.1, 0.15) is 5.69 Å². The predicted octanol–water partition coefficient (Wildman–Crippen LogP) is 0.882. The van der Waals surface area contributed by atoms with Crippen molar-refractivity contribution in [2.24, 2.45) is 0 Å². The van der Waals surface area contributed by atoms with Gasteiger partial charge in [-0.1, -0.05) is 6.08 Å². The van der Waals surface area contributed by atoms with E-state index in [-0.39, 0.29) is 5.91 Å². The number of likely N-dealkylation sites (N-methyl/N-ethyl adjacent to an activating group) is 2. The van der Waals surface area contributed by atoms with E-state index in [0.29, 0.717) is 0 Å². The third-order valence-electron chi connectivity index (χ3n) is 2.62. The minimum absolute atomic E-state index is 0.0509. The maximum absolute atomic E-state index is 11.9. The number of rotatable bonds is 6. The lowest BCUT2D eigenvalue weighted by Crippen LogP contribution is -2.24. The van der Waals surface area contributed by atoms with Gasteiger partial charge in [0.05, 0.1) is 17.6 Å². The Labute approximate surface area is 114 Å². The molecule has 0 aromatic carbocycles. The molecule has 0 unspecified atom stereocenters. The number of nitrogens with zero attached hydrogens (tertiary/aromatic N) is 3. The quantitative estimate of drug-likeness (QED) is 0.773. The molecule has 1 aromatic heterocycles. The molecule has 0 bridgehead atoms. The van der Waals surface area contributed by atoms with Crippen LogP contribution in [0.25, 0.3) is 0 Å². The molecular formula is C14H22N4O. The molecule has 1 aromatic rings. The van der Waals surface area contributed by atoms with E-state index in [1.807, 2.05) is 44.3 Å². The summed E-state index contributed by atoms with van der Waals surface area (Å²) in [7, 11) is 7.55. The first-order valence-corrected chi connectivity index (χ1v) is 6.23. The highest BCUT2D eigenvalue weighted by Gasteiger charge is 2.07. The highest BCUT2D eigenvalue weighted by atomic mass is 16.2. The Morgan fingerprint density at radius 1 is 1.37 bits per heavy atom. The van der Waals surface area contributed by atoms with E-state index in [2.05, 4.69) is 10.3 Å². The summed E-state index contributed by atoms with van der Waals surface area (Å²) < 4.78 is 0. The summed E-state index contributed by atoms with van der Waals surface area (Å²) in [5.41, 5.74) is 1.75. The summed E-state index contributed by atoms with van der Waals surface area (Å²) in [6.07, 6.45) is 5.15. The van der Waals surface area contributed by atoms with Crippen molar-refractivity contribution in [2.75, 3.05) is 39.6 Å². The number of amides is 1. The molecule has 0 radical (unpaired) electrons. The first-order valence-electron chi connectivity index (χ1n) is 6.23. The normalized spacial score (nSPS) is 11.2. The number of pyridine rings is 1. The molecule has 5 heteroatoms. The summed E-state index contributed by atoms with van der Waals surface area (Å²) in [5, 5.41) is 3.04. The third kappa shape index (κ3) is 5.19. The van der Waals surface area contributed by atoms with Crippen LogP contribution in [-0.2, 0) is 11.3 Å². The van der Waals surface area contributed by atoms with Crippen molar-refractivity contribution in [1.82, 2.24) is 15.2 Å². The van der Waals surface area contributed by atoms with Crippen molar-refractivity contribution in [3.8, 4) is 0 Å². The van der Waals surface area contributed by atoms with Crippen molar-refractivity contribution >= 4 is 11.6 Å². The second-order valence-electron chi connectivity index (χ2n) is 4.60. The van der Waals surface area contributed by atoms with Crippen LogP contribution in [0.15, 0.2) is 30.5 Å². The molecule has 0 aliphatic carbocycles. The van der Waals surface area contributed by atoms with E-state index in [1.165, 1.54) is 0 Å². The SMILES string of the molecule is CNCc1ccc(N(C)C(=O)/C=C/CN(C)C)cn1. The lowest BCUT2D eigenvalue weighted by molar-refractivity contribution is -0.113. The Hall–Kier alpha value is -1.72. The van der Waals surface area contributed by atoms with E-state index >= 15 is 0 Å². The molecule has 1 rings (SSSR count). The number of carbonyl (C=O) groups is 1. The lowest BCUT2D eigenvalue weighted by Gasteiger charge is -2.15. The van der Waals surface area contributed by atoms with Crippen molar-refractivity contribution < 1.29 is 4.79 Å². The summed E-state index contributed by atoms with van der Waals surface area (Å²) in [5.74, 6) is -0.0509. The molecule has 0 saturated carbocycles. The standard InChI is InChI=1S/C14H22N4O/c1-15-10-12-7-8-13(11-16-12)18(4)14(19)6-5-9-17(2)3/h5-8,11,15H,9-10H2,1-4H3/b6-5+. The smallest absolute Gasteiger partial charge is 0.250 e. The number of nitrogens with one attached hydrogen (secondary N) is 1. The minimum atomic E-state index is -0.0509. The van der Waals surface area contributed by atoms with Crippen LogP contribution >= 0.6 is 0 Å². The number of hydrogen-bond donors (Lipinski definition) is 1. The molecular weight excluding hydrogens is 240 g/mol. The fourth-order valence-corrected chi connectivity index (χ4v) is 1.50. The van der Waals surface area contributed by atoms with Crippen LogP contribution in [-0.4, -0.2) is 50.5 Å². The Bertz CT molecular complexity index is 426. The van der Waals surface area contributed by atoms with Gasteiger partial charge < -0.3 is 15.1 Å². The molecule has 1 N–H and O–H groups in total. The molecule has 19 heavy (non-hydrogen) atoms. The molecule has 1 heterocycles. The Morgan fingerprint density at radius 3 is 2.63 bits per heavy atom. The first kappa shape index (κ1) is 15.3. The van der Waals surface area contributed by atoms with Crippen LogP contribution in [0.2, 0.25) is 0 Å². The maximum Gasteiger partial charge on any atom is 0.250 e. The van der Waals surface area contributed by atoms with Gasteiger partial charge in [0.1, 0.15) is 0 Å². The second kappa shape index (κ2) is 7.66. The van der Waals surface area contributed by atoms with Gasteiger partial charge in [-0.05, 0) is 33.3 Å². The number of anilines is 1. The van der Waals surface area contributed by atoms with Gasteiger partial charge in [0, 0.05) is 26.2 Å². The van der Waals surface area contributed by atoms with Gasteiger partial charge in [-0.15, -0.1) is 0 Å². The van der Waals surface area contributed by atoms with Gasteiger partial charge in [0.15, 0.2) is 0 Å². The average Bonchev–Trinajstić information content (AvgIpc) is 2.38. The monoisotopic (exact) mass is 262 g/mol. The van der Waals surface area contributed by atoms with Gasteiger partial charge >= 0.3 is 0 Å². The molecule has 5 nitrogen and oxygen atoms in total. The largest absolute Gasteiger partial charge is 0.314 e. The first-order chi connectivity index (χ1) is 9.04. The van der Waals surface area contributed by atoms with Crippen LogP contribution in [0, 0.1) is 0 Å². The van der Waals surface area contributed by atoms with Crippen LogP contribution in [0.4, 0.5) is 5.69 Å². The summed E-state index contributed by atoms with van der Waals surface area (Å²) in [4.78, 5) is 19.8. The molecule has 0 fully saturated rings. The Balaban J connectivity index is 2.63. The topological polar surface area (TPSA) is 48.5 Å². The van der Waals surface area contributed by atoms with Gasteiger partial charge in [0.25, 0.3) is 0 Å². The highest BCUT2D eigenvalue weighted by Crippen LogP contribution is 2.11. The van der Waals surface area contributed by atoms with Crippen molar-refractivity contribution in [3.63, 3.8) is 0 Å². The zero-order valence-corrected chi connectivity index (χ0v) is 12.1. The van der Waals surface area contributed by atoms with E-state index < -0.39 is 0 Å². The van der Waals surface area contributed by atoms with Crippen molar-refractivity contribution in [1.29, 1.82) is 0 Å². The van der Waals surface area contributed by atoms with E-state index in [4.69, 9.17) is 0 Å². The number of aromatic nitrogens is 1. The molecule has 0 spiro atoms. The molecule has 1 amide bonds. The van der Waals surface area contributed by atoms with Crippen molar-refractivity contribution in [3.05, 3.63) is 36.2 Å². The highest BCUT2D eigenvalue weighted by molar-refractivity contribution is 6.00. The minimum Gasteiger partial charge on any atom is -0.314 e. The van der Waals surface area contributed by atoms with Gasteiger partial charge in [-0.25, -0.2) is 0 Å². The average molecular weight is 262 g/mol. The van der Waals surface area contributed by atoms with E-state index in [0.717, 1.165) is 24.5 Å². The maximum atomic E-state index is 11.9. The lowest BCUT2D eigenvalue weighted by atomic mass is 10.3. The van der Waals surface area contributed by atoms with Crippen molar-refractivity contribution in [2.45, 2.75) is 6.54 Å². The fourth-order valence-electron chi connectivity index (χ4n) is 1.50. The van der Waals surface area contributed by atoms with E-state index in [9.17, 15) is 4.79 Å². The Kier molecular flexibility index (Phi) is 6.18. The molecule has 0 aliphatic rings. The zero-order valence-electron chi connectivity index (χ0n) is 12.1. The summed E-state index contributed by atoms with van der Waals surface area (Å²) in [6, 6.07) is 3.82. The van der Waals surface area contributed by atoms with Crippen LogP contribution < -0.4 is 10.2 Å². The fraction of sp³-hybridized carbons (Fsp3) is 0.429. The van der Waals surface area contributed by atoms with Gasteiger partial charge in [-0.2, -0.15) is 0 Å². The van der Waals surface area contributed by atoms with Gasteiger partial charge in [0.2, 0.25) is 5.91 Å².